The Labute approximate surface area is 108 Å². The molecule has 0 saturated heterocycles. The Hall–Kier alpha value is -0.570. The van der Waals surface area contributed by atoms with Gasteiger partial charge in [0.1, 0.15) is 0 Å². The maximum atomic E-state index is 9.87. The molecule has 0 heterocycles. The fourth-order valence-electron chi connectivity index (χ4n) is 1.96. The lowest BCUT2D eigenvalue weighted by molar-refractivity contribution is 0.00638. The Kier molecular flexibility index (Phi) is 5.96. The zero-order valence-electron chi connectivity index (χ0n) is 10.4. The van der Waals surface area contributed by atoms with E-state index in [-0.39, 0.29) is 5.92 Å². The Morgan fingerprint density at radius 2 is 1.94 bits per heavy atom. The normalized spacial score (nSPS) is 16.5. The van der Waals surface area contributed by atoms with Gasteiger partial charge in [-0.2, -0.15) is 0 Å². The molecule has 1 rings (SSSR count). The van der Waals surface area contributed by atoms with Crippen molar-refractivity contribution < 1.29 is 10.2 Å². The molecule has 0 saturated carbocycles. The largest absolute Gasteiger partial charge is 0.390 e. The SMILES string of the molecule is CCCC(O)C(O)CC(C)c1cccc(Cl)c1. The van der Waals surface area contributed by atoms with Gasteiger partial charge in [0.15, 0.2) is 0 Å². The molecule has 0 spiro atoms. The molecule has 0 amide bonds. The van der Waals surface area contributed by atoms with E-state index in [0.29, 0.717) is 17.9 Å². The monoisotopic (exact) mass is 256 g/mol. The summed E-state index contributed by atoms with van der Waals surface area (Å²) in [5.74, 6) is 0.190. The van der Waals surface area contributed by atoms with Crippen LogP contribution in [0.25, 0.3) is 0 Å². The van der Waals surface area contributed by atoms with Gasteiger partial charge >= 0.3 is 0 Å². The highest BCUT2D eigenvalue weighted by Gasteiger charge is 2.19. The number of rotatable bonds is 6. The number of aliphatic hydroxyl groups excluding tert-OH is 2. The van der Waals surface area contributed by atoms with Crippen molar-refractivity contribution in [1.29, 1.82) is 0 Å². The highest BCUT2D eigenvalue weighted by Crippen LogP contribution is 2.24. The van der Waals surface area contributed by atoms with Crippen molar-refractivity contribution >= 4 is 11.6 Å². The van der Waals surface area contributed by atoms with Crippen molar-refractivity contribution in [2.45, 2.75) is 51.2 Å². The highest BCUT2D eigenvalue weighted by molar-refractivity contribution is 6.30. The van der Waals surface area contributed by atoms with Crippen molar-refractivity contribution in [3.05, 3.63) is 34.9 Å². The molecule has 0 fully saturated rings. The van der Waals surface area contributed by atoms with Gasteiger partial charge in [-0.05, 0) is 36.5 Å². The summed E-state index contributed by atoms with van der Waals surface area (Å²) in [5.41, 5.74) is 1.10. The Balaban J connectivity index is 2.56. The van der Waals surface area contributed by atoms with Crippen LogP contribution in [0.15, 0.2) is 24.3 Å². The van der Waals surface area contributed by atoms with Crippen LogP contribution in [0.2, 0.25) is 5.02 Å². The summed E-state index contributed by atoms with van der Waals surface area (Å²) >= 11 is 5.93. The van der Waals surface area contributed by atoms with Gasteiger partial charge in [-0.15, -0.1) is 0 Å². The summed E-state index contributed by atoms with van der Waals surface area (Å²) in [5, 5.41) is 20.3. The molecule has 3 atom stereocenters. The number of halogens is 1. The van der Waals surface area contributed by atoms with Crippen LogP contribution in [0.5, 0.6) is 0 Å². The molecule has 3 heteroatoms. The Bertz CT molecular complexity index is 341. The third-order valence-electron chi connectivity index (χ3n) is 3.04. The second kappa shape index (κ2) is 7.00. The van der Waals surface area contributed by atoms with Gasteiger partial charge in [-0.1, -0.05) is 44.0 Å². The molecule has 0 aromatic heterocycles. The van der Waals surface area contributed by atoms with Gasteiger partial charge in [-0.25, -0.2) is 0 Å². The molecule has 0 radical (unpaired) electrons. The summed E-state index contributed by atoms with van der Waals surface area (Å²) in [6.07, 6.45) is 0.792. The summed E-state index contributed by atoms with van der Waals surface area (Å²) < 4.78 is 0. The van der Waals surface area contributed by atoms with E-state index in [1.165, 1.54) is 0 Å². The molecule has 96 valence electrons. The molecule has 0 aliphatic carbocycles. The van der Waals surface area contributed by atoms with Crippen LogP contribution >= 0.6 is 11.6 Å². The van der Waals surface area contributed by atoms with Gasteiger partial charge in [-0.3, -0.25) is 0 Å². The van der Waals surface area contributed by atoms with Gasteiger partial charge in [0.25, 0.3) is 0 Å². The second-order valence-corrected chi connectivity index (χ2v) is 5.05. The fourth-order valence-corrected chi connectivity index (χ4v) is 2.16. The average molecular weight is 257 g/mol. The fraction of sp³-hybridized carbons (Fsp3) is 0.571. The van der Waals surface area contributed by atoms with Crippen LogP contribution in [0.1, 0.15) is 44.6 Å². The predicted molar refractivity (Wildman–Crippen MR) is 71.4 cm³/mol. The average Bonchev–Trinajstić information content (AvgIpc) is 2.29. The quantitative estimate of drug-likeness (QED) is 0.819. The lowest BCUT2D eigenvalue weighted by Gasteiger charge is -2.21. The Morgan fingerprint density at radius 3 is 2.53 bits per heavy atom. The van der Waals surface area contributed by atoms with Crippen LogP contribution in [0, 0.1) is 0 Å². The van der Waals surface area contributed by atoms with Gasteiger partial charge in [0, 0.05) is 5.02 Å². The summed E-state index contributed by atoms with van der Waals surface area (Å²) in [4.78, 5) is 0. The third kappa shape index (κ3) is 4.66. The van der Waals surface area contributed by atoms with Gasteiger partial charge in [0.2, 0.25) is 0 Å². The van der Waals surface area contributed by atoms with Crippen LogP contribution in [-0.2, 0) is 0 Å². The van der Waals surface area contributed by atoms with Crippen molar-refractivity contribution in [3.8, 4) is 0 Å². The van der Waals surface area contributed by atoms with E-state index in [9.17, 15) is 10.2 Å². The number of hydrogen-bond donors (Lipinski definition) is 2. The molecule has 2 nitrogen and oxygen atoms in total. The van der Waals surface area contributed by atoms with E-state index in [4.69, 9.17) is 11.6 Å². The summed E-state index contributed by atoms with van der Waals surface area (Å²) in [6.45, 7) is 4.03. The van der Waals surface area contributed by atoms with Crippen LogP contribution in [0.4, 0.5) is 0 Å². The molecule has 3 unspecified atom stereocenters. The minimum absolute atomic E-state index is 0.190. The number of hydrogen-bond acceptors (Lipinski definition) is 2. The summed E-state index contributed by atoms with van der Waals surface area (Å²) in [6, 6.07) is 7.64. The van der Waals surface area contributed by atoms with E-state index in [1.807, 2.05) is 38.1 Å². The predicted octanol–water partition coefficient (Wildman–Crippen LogP) is 3.36. The minimum atomic E-state index is -0.663. The zero-order valence-corrected chi connectivity index (χ0v) is 11.2. The van der Waals surface area contributed by atoms with Crippen LogP contribution in [-0.4, -0.2) is 22.4 Å². The standard InChI is InChI=1S/C14H21ClO2/c1-3-5-13(16)14(17)8-10(2)11-6-4-7-12(15)9-11/h4,6-7,9-10,13-14,16-17H,3,5,8H2,1-2H3. The lowest BCUT2D eigenvalue weighted by Crippen LogP contribution is -2.27. The summed E-state index contributed by atoms with van der Waals surface area (Å²) in [7, 11) is 0. The van der Waals surface area contributed by atoms with Crippen molar-refractivity contribution in [2.24, 2.45) is 0 Å². The van der Waals surface area contributed by atoms with E-state index < -0.39 is 12.2 Å². The molecule has 0 bridgehead atoms. The van der Waals surface area contributed by atoms with Gasteiger partial charge < -0.3 is 10.2 Å². The van der Waals surface area contributed by atoms with Crippen molar-refractivity contribution in [2.75, 3.05) is 0 Å². The molecular weight excluding hydrogens is 236 g/mol. The van der Waals surface area contributed by atoms with Crippen molar-refractivity contribution in [3.63, 3.8) is 0 Å². The van der Waals surface area contributed by atoms with E-state index >= 15 is 0 Å². The van der Waals surface area contributed by atoms with Crippen molar-refractivity contribution in [1.82, 2.24) is 0 Å². The Morgan fingerprint density at radius 1 is 1.24 bits per heavy atom. The van der Waals surface area contributed by atoms with Gasteiger partial charge in [0.05, 0.1) is 12.2 Å². The first kappa shape index (κ1) is 14.5. The molecular formula is C14H21ClO2. The van der Waals surface area contributed by atoms with E-state index in [0.717, 1.165) is 12.0 Å². The maximum Gasteiger partial charge on any atom is 0.0804 e. The first-order chi connectivity index (χ1) is 8.04. The minimum Gasteiger partial charge on any atom is -0.390 e. The second-order valence-electron chi connectivity index (χ2n) is 4.62. The topological polar surface area (TPSA) is 40.5 Å². The maximum absolute atomic E-state index is 9.87. The molecule has 1 aromatic rings. The zero-order chi connectivity index (χ0) is 12.8. The molecule has 0 aliphatic heterocycles. The van der Waals surface area contributed by atoms with Crippen LogP contribution in [0.3, 0.4) is 0 Å². The highest BCUT2D eigenvalue weighted by atomic mass is 35.5. The third-order valence-corrected chi connectivity index (χ3v) is 3.28. The van der Waals surface area contributed by atoms with E-state index in [1.54, 1.807) is 0 Å². The molecule has 17 heavy (non-hydrogen) atoms. The number of aliphatic hydroxyl groups is 2. The first-order valence-electron chi connectivity index (χ1n) is 6.16. The van der Waals surface area contributed by atoms with E-state index in [2.05, 4.69) is 0 Å². The molecule has 0 aliphatic rings. The molecule has 2 N–H and O–H groups in total. The van der Waals surface area contributed by atoms with Crippen LogP contribution < -0.4 is 0 Å². The lowest BCUT2D eigenvalue weighted by atomic mass is 9.92. The first-order valence-corrected chi connectivity index (χ1v) is 6.54. The molecule has 1 aromatic carbocycles. The smallest absolute Gasteiger partial charge is 0.0804 e. The number of benzene rings is 1.